The van der Waals surface area contributed by atoms with E-state index in [1.807, 2.05) is 45.9 Å². The molecular weight excluding hydrogens is 404 g/mol. The second-order valence-electron chi connectivity index (χ2n) is 8.50. The van der Waals surface area contributed by atoms with Crippen molar-refractivity contribution in [1.29, 1.82) is 0 Å². The molecule has 1 aromatic carbocycles. The highest BCUT2D eigenvalue weighted by molar-refractivity contribution is 6.31. The van der Waals surface area contributed by atoms with E-state index in [0.29, 0.717) is 41.8 Å². The van der Waals surface area contributed by atoms with Gasteiger partial charge in [0.05, 0.1) is 0 Å². The van der Waals surface area contributed by atoms with Crippen molar-refractivity contribution in [2.45, 2.75) is 39.3 Å². The highest BCUT2D eigenvalue weighted by atomic mass is 35.5. The summed E-state index contributed by atoms with van der Waals surface area (Å²) in [7, 11) is 0. The number of aromatic nitrogens is 2. The molecule has 0 N–H and O–H groups in total. The number of nitrogens with zero attached hydrogens (tertiary/aromatic N) is 4. The zero-order valence-corrected chi connectivity index (χ0v) is 18.3. The van der Waals surface area contributed by atoms with Crippen molar-refractivity contribution in [3.05, 3.63) is 41.7 Å². The average Bonchev–Trinajstić information content (AvgIpc) is 3.10. The summed E-state index contributed by atoms with van der Waals surface area (Å²) in [5.41, 5.74) is 2.70. The molecule has 0 spiro atoms. The Bertz CT molecular complexity index is 1060. The number of carbonyl (C=O) groups is 1. The summed E-state index contributed by atoms with van der Waals surface area (Å²) in [5.74, 6) is 0. The molecule has 1 atom stereocenters. The Kier molecular flexibility index (Phi) is 5.32. The van der Waals surface area contributed by atoms with Gasteiger partial charge < -0.3 is 19.0 Å². The van der Waals surface area contributed by atoms with E-state index < -0.39 is 5.60 Å². The van der Waals surface area contributed by atoms with Crippen molar-refractivity contribution in [3.8, 4) is 11.1 Å². The summed E-state index contributed by atoms with van der Waals surface area (Å²) in [6.45, 7) is 9.33. The summed E-state index contributed by atoms with van der Waals surface area (Å²) in [6.07, 6.45) is 3.17. The molecule has 1 amide bonds. The van der Waals surface area contributed by atoms with Gasteiger partial charge in [-0.1, -0.05) is 11.6 Å². The first-order valence-electron chi connectivity index (χ1n) is 9.96. The number of hydrogen-bond donors (Lipinski definition) is 0. The number of hydrogen-bond acceptors (Lipinski definition) is 6. The van der Waals surface area contributed by atoms with Gasteiger partial charge >= 0.3 is 6.09 Å². The minimum atomic E-state index is -0.514. The van der Waals surface area contributed by atoms with E-state index in [2.05, 4.69) is 14.9 Å². The van der Waals surface area contributed by atoms with Crippen LogP contribution < -0.4 is 4.90 Å². The number of carbonyl (C=O) groups excluding carboxylic acids is 1. The third kappa shape index (κ3) is 4.21. The number of benzene rings is 1. The number of oxazole rings is 1. The van der Waals surface area contributed by atoms with Gasteiger partial charge in [0.1, 0.15) is 11.1 Å². The van der Waals surface area contributed by atoms with Crippen molar-refractivity contribution in [2.75, 3.05) is 24.5 Å². The minimum Gasteiger partial charge on any atom is -0.444 e. The monoisotopic (exact) mass is 428 g/mol. The molecule has 7 nitrogen and oxygen atoms in total. The second-order valence-corrected chi connectivity index (χ2v) is 8.94. The SMILES string of the molecule is C[C@H]1CN(C(=O)OC(C)(C)C)CCN1c1nc2cc(Cl)cc(-c3ccncc3)c2o1. The molecule has 0 saturated carbocycles. The van der Waals surface area contributed by atoms with Crippen LogP contribution in [0.4, 0.5) is 10.8 Å². The maximum Gasteiger partial charge on any atom is 0.410 e. The van der Waals surface area contributed by atoms with Crippen LogP contribution in [0.15, 0.2) is 41.1 Å². The first kappa shape index (κ1) is 20.5. The first-order valence-corrected chi connectivity index (χ1v) is 10.3. The molecule has 4 rings (SSSR count). The van der Waals surface area contributed by atoms with Crippen LogP contribution in [-0.4, -0.2) is 52.2 Å². The molecule has 1 aliphatic rings. The fourth-order valence-electron chi connectivity index (χ4n) is 3.59. The van der Waals surface area contributed by atoms with Crippen LogP contribution >= 0.6 is 11.6 Å². The highest BCUT2D eigenvalue weighted by Gasteiger charge is 2.32. The highest BCUT2D eigenvalue weighted by Crippen LogP contribution is 2.35. The fraction of sp³-hybridized carbons (Fsp3) is 0.409. The lowest BCUT2D eigenvalue weighted by molar-refractivity contribution is 0.0216. The molecule has 2 aromatic heterocycles. The Labute approximate surface area is 180 Å². The summed E-state index contributed by atoms with van der Waals surface area (Å²) in [5, 5.41) is 0.594. The molecule has 158 valence electrons. The van der Waals surface area contributed by atoms with Gasteiger partial charge in [-0.25, -0.2) is 4.79 Å². The van der Waals surface area contributed by atoms with Crippen molar-refractivity contribution >= 4 is 34.8 Å². The molecule has 1 aliphatic heterocycles. The summed E-state index contributed by atoms with van der Waals surface area (Å²) in [4.78, 5) is 25.0. The summed E-state index contributed by atoms with van der Waals surface area (Å²) in [6, 6.07) is 8.05. The molecule has 3 aromatic rings. The third-order valence-corrected chi connectivity index (χ3v) is 5.18. The number of anilines is 1. The van der Waals surface area contributed by atoms with Gasteiger partial charge in [-0.05, 0) is 57.5 Å². The van der Waals surface area contributed by atoms with Crippen molar-refractivity contribution < 1.29 is 13.9 Å². The summed E-state index contributed by atoms with van der Waals surface area (Å²) >= 11 is 6.34. The second kappa shape index (κ2) is 7.80. The Morgan fingerprint density at radius 1 is 1.23 bits per heavy atom. The Morgan fingerprint density at radius 2 is 1.97 bits per heavy atom. The quantitative estimate of drug-likeness (QED) is 0.572. The standard InChI is InChI=1S/C22H25ClN4O3/c1-14-13-26(21(28)30-22(2,3)4)9-10-27(14)20-25-18-12-16(23)11-17(19(18)29-20)15-5-7-24-8-6-15/h5-8,11-12,14H,9-10,13H2,1-4H3/t14-/m0/s1. The maximum atomic E-state index is 12.4. The normalized spacial score (nSPS) is 17.4. The zero-order valence-electron chi connectivity index (χ0n) is 17.6. The third-order valence-electron chi connectivity index (χ3n) is 4.96. The number of piperazine rings is 1. The molecule has 8 heteroatoms. The predicted molar refractivity (Wildman–Crippen MR) is 117 cm³/mol. The van der Waals surface area contributed by atoms with Gasteiger partial charge in [-0.2, -0.15) is 4.98 Å². The van der Waals surface area contributed by atoms with E-state index in [0.717, 1.165) is 11.1 Å². The number of fused-ring (bicyclic) bond motifs is 1. The molecule has 3 heterocycles. The largest absolute Gasteiger partial charge is 0.444 e. The predicted octanol–water partition coefficient (Wildman–Crippen LogP) is 4.99. The van der Waals surface area contributed by atoms with E-state index in [9.17, 15) is 4.79 Å². The number of rotatable bonds is 2. The number of pyridine rings is 1. The topological polar surface area (TPSA) is 71.7 Å². The van der Waals surface area contributed by atoms with Gasteiger partial charge in [-0.3, -0.25) is 4.98 Å². The molecule has 0 unspecified atom stereocenters. The van der Waals surface area contributed by atoms with E-state index in [1.54, 1.807) is 23.4 Å². The molecule has 0 aliphatic carbocycles. The lowest BCUT2D eigenvalue weighted by Crippen LogP contribution is -2.54. The van der Waals surface area contributed by atoms with Crippen LogP contribution in [0.5, 0.6) is 0 Å². The van der Waals surface area contributed by atoms with Crippen molar-refractivity contribution in [2.24, 2.45) is 0 Å². The van der Waals surface area contributed by atoms with Crippen LogP contribution in [0, 0.1) is 0 Å². The molecule has 30 heavy (non-hydrogen) atoms. The molecule has 0 bridgehead atoms. The Morgan fingerprint density at radius 3 is 2.63 bits per heavy atom. The van der Waals surface area contributed by atoms with E-state index >= 15 is 0 Å². The number of halogens is 1. The minimum absolute atomic E-state index is 0.0270. The van der Waals surface area contributed by atoms with Gasteiger partial charge in [0, 0.05) is 48.7 Å². The van der Waals surface area contributed by atoms with Gasteiger partial charge in [0.2, 0.25) is 0 Å². The van der Waals surface area contributed by atoms with Crippen LogP contribution in [0.25, 0.3) is 22.2 Å². The van der Waals surface area contributed by atoms with Crippen LogP contribution in [0.1, 0.15) is 27.7 Å². The smallest absolute Gasteiger partial charge is 0.410 e. The van der Waals surface area contributed by atoms with Gasteiger partial charge in [0.15, 0.2) is 5.58 Å². The molecule has 0 radical (unpaired) electrons. The average molecular weight is 429 g/mol. The van der Waals surface area contributed by atoms with E-state index in [4.69, 9.17) is 20.8 Å². The lowest BCUT2D eigenvalue weighted by atomic mass is 10.1. The Balaban J connectivity index is 1.60. The Hall–Kier alpha value is -2.80. The number of amides is 1. The molecular formula is C22H25ClN4O3. The van der Waals surface area contributed by atoms with Crippen molar-refractivity contribution in [3.63, 3.8) is 0 Å². The van der Waals surface area contributed by atoms with Crippen molar-refractivity contribution in [1.82, 2.24) is 14.9 Å². The van der Waals surface area contributed by atoms with Gasteiger partial charge in [0.25, 0.3) is 6.01 Å². The molecule has 1 saturated heterocycles. The fourth-order valence-corrected chi connectivity index (χ4v) is 3.80. The zero-order chi connectivity index (χ0) is 21.5. The maximum absolute atomic E-state index is 12.4. The van der Waals surface area contributed by atoms with E-state index in [1.165, 1.54) is 0 Å². The van der Waals surface area contributed by atoms with Gasteiger partial charge in [-0.15, -0.1) is 0 Å². The first-order chi connectivity index (χ1) is 14.2. The number of ether oxygens (including phenoxy) is 1. The van der Waals surface area contributed by atoms with Crippen LogP contribution in [0.2, 0.25) is 5.02 Å². The summed E-state index contributed by atoms with van der Waals surface area (Å²) < 4.78 is 11.7. The lowest BCUT2D eigenvalue weighted by Gasteiger charge is -2.39. The van der Waals surface area contributed by atoms with Crippen LogP contribution in [-0.2, 0) is 4.74 Å². The molecule has 1 fully saturated rings. The van der Waals surface area contributed by atoms with E-state index in [-0.39, 0.29) is 12.1 Å². The van der Waals surface area contributed by atoms with Crippen LogP contribution in [0.3, 0.4) is 0 Å².